The Morgan fingerprint density at radius 2 is 1.96 bits per heavy atom. The van der Waals surface area contributed by atoms with E-state index in [9.17, 15) is 4.79 Å². The minimum Gasteiger partial charge on any atom is -0.356 e. The summed E-state index contributed by atoms with van der Waals surface area (Å²) in [6.45, 7) is 8.08. The van der Waals surface area contributed by atoms with Crippen molar-refractivity contribution in [3.63, 3.8) is 0 Å². The Hall–Kier alpha value is -1.30. The molecule has 0 aromatic carbocycles. The van der Waals surface area contributed by atoms with E-state index in [2.05, 4.69) is 28.6 Å². The smallest absolute Gasteiger partial charge is 0.222 e. The Kier molecular flexibility index (Phi) is 5.98. The van der Waals surface area contributed by atoms with Crippen LogP contribution in [0.4, 0.5) is 5.82 Å². The summed E-state index contributed by atoms with van der Waals surface area (Å²) in [6, 6.07) is 2.00. The van der Waals surface area contributed by atoms with Crippen molar-refractivity contribution in [1.29, 1.82) is 0 Å². The van der Waals surface area contributed by atoms with E-state index in [1.165, 1.54) is 0 Å². The first-order valence-electron chi connectivity index (χ1n) is 9.07. The predicted octanol–water partition coefficient (Wildman–Crippen LogP) is 2.78. The first-order valence-corrected chi connectivity index (χ1v) is 10.2. The molecule has 1 aromatic rings. The molecule has 132 valence electrons. The lowest BCUT2D eigenvalue weighted by Crippen LogP contribution is -2.40. The third kappa shape index (κ3) is 4.41. The van der Waals surface area contributed by atoms with E-state index in [0.29, 0.717) is 17.7 Å². The van der Waals surface area contributed by atoms with Crippen molar-refractivity contribution < 1.29 is 4.79 Å². The van der Waals surface area contributed by atoms with Crippen LogP contribution < -0.4 is 4.90 Å². The van der Waals surface area contributed by atoms with Crippen molar-refractivity contribution in [3.8, 4) is 0 Å². The van der Waals surface area contributed by atoms with E-state index < -0.39 is 0 Å². The zero-order valence-electron chi connectivity index (χ0n) is 14.8. The predicted molar refractivity (Wildman–Crippen MR) is 99.6 cm³/mol. The van der Waals surface area contributed by atoms with Gasteiger partial charge in [-0.25, -0.2) is 9.97 Å². The van der Waals surface area contributed by atoms with E-state index in [-0.39, 0.29) is 0 Å². The molecule has 0 unspecified atom stereocenters. The average Bonchev–Trinajstić information content (AvgIpc) is 2.63. The number of aromatic nitrogens is 2. The van der Waals surface area contributed by atoms with Crippen LogP contribution >= 0.6 is 11.8 Å². The molecule has 2 saturated heterocycles. The molecular formula is C18H28N4OS. The lowest BCUT2D eigenvalue weighted by atomic mass is 9.93. The van der Waals surface area contributed by atoms with Gasteiger partial charge in [-0.2, -0.15) is 11.8 Å². The summed E-state index contributed by atoms with van der Waals surface area (Å²) < 4.78 is 0. The molecule has 0 atom stereocenters. The van der Waals surface area contributed by atoms with Crippen LogP contribution in [-0.4, -0.2) is 58.5 Å². The average molecular weight is 349 g/mol. The summed E-state index contributed by atoms with van der Waals surface area (Å²) in [5.41, 5.74) is 0. The van der Waals surface area contributed by atoms with Crippen LogP contribution in [-0.2, 0) is 4.79 Å². The van der Waals surface area contributed by atoms with Crippen molar-refractivity contribution >= 4 is 23.5 Å². The van der Waals surface area contributed by atoms with Crippen molar-refractivity contribution in [2.45, 2.75) is 39.0 Å². The highest BCUT2D eigenvalue weighted by Gasteiger charge is 2.25. The summed E-state index contributed by atoms with van der Waals surface area (Å²) in [7, 11) is 0. The summed E-state index contributed by atoms with van der Waals surface area (Å²) in [4.78, 5) is 25.9. The van der Waals surface area contributed by atoms with E-state index in [0.717, 1.165) is 68.6 Å². The second kappa shape index (κ2) is 8.19. The van der Waals surface area contributed by atoms with Crippen molar-refractivity contribution in [1.82, 2.24) is 14.9 Å². The fourth-order valence-corrected chi connectivity index (χ4v) is 4.28. The summed E-state index contributed by atoms with van der Waals surface area (Å²) in [6.07, 6.45) is 4.74. The highest BCUT2D eigenvalue weighted by atomic mass is 32.2. The first-order chi connectivity index (χ1) is 11.6. The van der Waals surface area contributed by atoms with Crippen molar-refractivity contribution in [3.05, 3.63) is 18.1 Å². The molecule has 0 bridgehead atoms. The molecule has 0 radical (unpaired) electrons. The number of piperidine rings is 1. The van der Waals surface area contributed by atoms with Gasteiger partial charge < -0.3 is 9.80 Å². The van der Waals surface area contributed by atoms with Crippen molar-refractivity contribution in [2.24, 2.45) is 5.92 Å². The summed E-state index contributed by atoms with van der Waals surface area (Å²) in [5.74, 6) is 5.36. The number of hydrogen-bond acceptors (Lipinski definition) is 5. The SMILES string of the molecule is CC(C)c1nccc(N2CCC(CC(=O)N3CCSCC3)CC2)n1. The van der Waals surface area contributed by atoms with Gasteiger partial charge in [0, 0.05) is 56.2 Å². The molecule has 3 heterocycles. The zero-order valence-corrected chi connectivity index (χ0v) is 15.6. The molecule has 1 amide bonds. The molecular weight excluding hydrogens is 320 g/mol. The fourth-order valence-electron chi connectivity index (χ4n) is 3.37. The quantitative estimate of drug-likeness (QED) is 0.837. The molecule has 3 rings (SSSR count). The van der Waals surface area contributed by atoms with Gasteiger partial charge in [-0.1, -0.05) is 13.8 Å². The Bertz CT molecular complexity index is 552. The third-order valence-corrected chi connectivity index (χ3v) is 5.88. The fraction of sp³-hybridized carbons (Fsp3) is 0.722. The number of amides is 1. The maximum absolute atomic E-state index is 12.4. The standard InChI is InChI=1S/C18H28N4OS/c1-14(2)18-19-6-3-16(20-18)21-7-4-15(5-8-21)13-17(23)22-9-11-24-12-10-22/h3,6,14-15H,4-5,7-13H2,1-2H3. The minimum absolute atomic E-state index is 0.350. The van der Waals surface area contributed by atoms with Gasteiger partial charge in [-0.3, -0.25) is 4.79 Å². The highest BCUT2D eigenvalue weighted by molar-refractivity contribution is 7.99. The van der Waals surface area contributed by atoms with Crippen LogP contribution in [0, 0.1) is 5.92 Å². The number of nitrogens with zero attached hydrogens (tertiary/aromatic N) is 4. The maximum Gasteiger partial charge on any atom is 0.222 e. The van der Waals surface area contributed by atoms with Crippen LogP contribution in [0.5, 0.6) is 0 Å². The number of hydrogen-bond donors (Lipinski definition) is 0. The number of carbonyl (C=O) groups excluding carboxylic acids is 1. The molecule has 2 fully saturated rings. The zero-order chi connectivity index (χ0) is 16.9. The second-order valence-corrected chi connectivity index (χ2v) is 8.28. The molecule has 0 aliphatic carbocycles. The highest BCUT2D eigenvalue weighted by Crippen LogP contribution is 2.25. The van der Waals surface area contributed by atoms with Gasteiger partial charge in [0.25, 0.3) is 0 Å². The molecule has 0 saturated carbocycles. The molecule has 0 spiro atoms. The number of thioether (sulfide) groups is 1. The van der Waals surface area contributed by atoms with Gasteiger partial charge in [0.1, 0.15) is 11.6 Å². The summed E-state index contributed by atoms with van der Waals surface area (Å²) in [5, 5.41) is 0. The molecule has 6 heteroatoms. The molecule has 1 aromatic heterocycles. The van der Waals surface area contributed by atoms with Gasteiger partial charge in [0.15, 0.2) is 0 Å². The number of carbonyl (C=O) groups is 1. The first kappa shape index (κ1) is 17.5. The Morgan fingerprint density at radius 3 is 2.62 bits per heavy atom. The summed E-state index contributed by atoms with van der Waals surface area (Å²) >= 11 is 1.95. The topological polar surface area (TPSA) is 49.3 Å². The van der Waals surface area contributed by atoms with Crippen LogP contribution in [0.15, 0.2) is 12.3 Å². The van der Waals surface area contributed by atoms with Gasteiger partial charge in [-0.15, -0.1) is 0 Å². The molecule has 24 heavy (non-hydrogen) atoms. The Morgan fingerprint density at radius 1 is 1.25 bits per heavy atom. The Labute approximate surface area is 149 Å². The number of rotatable bonds is 4. The van der Waals surface area contributed by atoms with Crippen LogP contribution in [0.2, 0.25) is 0 Å². The molecule has 2 aliphatic heterocycles. The lowest BCUT2D eigenvalue weighted by Gasteiger charge is -2.34. The lowest BCUT2D eigenvalue weighted by molar-refractivity contribution is -0.132. The third-order valence-electron chi connectivity index (χ3n) is 4.94. The van der Waals surface area contributed by atoms with E-state index >= 15 is 0 Å². The van der Waals surface area contributed by atoms with E-state index in [1.54, 1.807) is 0 Å². The normalized spacial score (nSPS) is 19.8. The largest absolute Gasteiger partial charge is 0.356 e. The van der Waals surface area contributed by atoms with Gasteiger partial charge >= 0.3 is 0 Å². The van der Waals surface area contributed by atoms with Gasteiger partial charge in [-0.05, 0) is 24.8 Å². The number of anilines is 1. The molecule has 2 aliphatic rings. The molecule has 0 N–H and O–H groups in total. The Balaban J connectivity index is 1.50. The van der Waals surface area contributed by atoms with Crippen LogP contribution in [0.25, 0.3) is 0 Å². The van der Waals surface area contributed by atoms with Crippen LogP contribution in [0.3, 0.4) is 0 Å². The maximum atomic E-state index is 12.4. The van der Waals surface area contributed by atoms with E-state index in [1.807, 2.05) is 24.0 Å². The second-order valence-electron chi connectivity index (χ2n) is 7.06. The molecule has 5 nitrogen and oxygen atoms in total. The van der Waals surface area contributed by atoms with Crippen LogP contribution in [0.1, 0.15) is 44.9 Å². The van der Waals surface area contributed by atoms with E-state index in [4.69, 9.17) is 4.98 Å². The monoisotopic (exact) mass is 348 g/mol. The minimum atomic E-state index is 0.350. The van der Waals surface area contributed by atoms with Crippen molar-refractivity contribution in [2.75, 3.05) is 42.6 Å². The van der Waals surface area contributed by atoms with Gasteiger partial charge in [0.2, 0.25) is 5.91 Å². The van der Waals surface area contributed by atoms with Gasteiger partial charge in [0.05, 0.1) is 0 Å².